The molecule has 1 aliphatic rings. The number of benzene rings is 2. The Kier molecular flexibility index (Phi) is 6.78. The molecule has 2 heterocycles. The van der Waals surface area contributed by atoms with Gasteiger partial charge in [0.05, 0.1) is 23.3 Å². The van der Waals surface area contributed by atoms with Crippen LogP contribution in [0.4, 0.5) is 5.69 Å². The minimum Gasteiger partial charge on any atom is -0.324 e. The molecule has 0 bridgehead atoms. The van der Waals surface area contributed by atoms with Crippen molar-refractivity contribution in [3.05, 3.63) is 66.0 Å². The first-order valence-corrected chi connectivity index (χ1v) is 12.0. The number of nitrogens with zero attached hydrogens (tertiary/aromatic N) is 5. The van der Waals surface area contributed by atoms with Crippen molar-refractivity contribution in [2.24, 2.45) is 0 Å². The fourth-order valence-corrected chi connectivity index (χ4v) is 5.17. The van der Waals surface area contributed by atoms with Crippen LogP contribution >= 0.6 is 23.5 Å². The van der Waals surface area contributed by atoms with Gasteiger partial charge in [-0.3, -0.25) is 14.2 Å². The molecule has 10 heteroatoms. The molecule has 1 N–H and O–H groups in total. The summed E-state index contributed by atoms with van der Waals surface area (Å²) in [6, 6.07) is 16.1. The van der Waals surface area contributed by atoms with Gasteiger partial charge in [-0.15, -0.1) is 22.0 Å². The number of anilines is 1. The van der Waals surface area contributed by atoms with Gasteiger partial charge in [0.2, 0.25) is 11.8 Å². The molecule has 0 saturated carbocycles. The summed E-state index contributed by atoms with van der Waals surface area (Å²) in [7, 11) is 0. The van der Waals surface area contributed by atoms with Gasteiger partial charge in [0, 0.05) is 17.1 Å². The molecule has 1 fully saturated rings. The quantitative estimate of drug-likeness (QED) is 0.559. The molecule has 0 aliphatic carbocycles. The summed E-state index contributed by atoms with van der Waals surface area (Å²) in [5, 5.41) is 20.5. The van der Waals surface area contributed by atoms with E-state index >= 15 is 0 Å². The molecular weight excluding hydrogens is 444 g/mol. The molecule has 2 amide bonds. The average Bonchev–Trinajstić information content (AvgIpc) is 3.48. The number of hydrogen-bond acceptors (Lipinski definition) is 7. The van der Waals surface area contributed by atoms with E-state index in [1.807, 2.05) is 41.8 Å². The Morgan fingerprint density at radius 2 is 1.97 bits per heavy atom. The van der Waals surface area contributed by atoms with Gasteiger partial charge in [0.1, 0.15) is 12.4 Å². The normalized spacial score (nSPS) is 15.4. The zero-order valence-corrected chi connectivity index (χ0v) is 18.9. The summed E-state index contributed by atoms with van der Waals surface area (Å²) in [4.78, 5) is 27.3. The van der Waals surface area contributed by atoms with Crippen LogP contribution in [0.2, 0.25) is 0 Å². The van der Waals surface area contributed by atoms with Gasteiger partial charge in [-0.2, -0.15) is 5.26 Å². The summed E-state index contributed by atoms with van der Waals surface area (Å²) in [6.07, 6.45) is 1.62. The number of amides is 2. The summed E-state index contributed by atoms with van der Waals surface area (Å²) >= 11 is 2.84. The standard InChI is InChI=1S/C22H20N6O2S2/c1-15-2-8-18(9-3-15)27-13-24-26-22(27)32-12-20(29)28-14-31-11-19(28)21(30)25-17-6-4-16(10-23)5-7-17/h2-9,13,19H,11-12,14H2,1H3,(H,25,30). The molecule has 1 atom stereocenters. The average molecular weight is 465 g/mol. The molecule has 1 unspecified atom stereocenters. The highest BCUT2D eigenvalue weighted by Gasteiger charge is 2.34. The van der Waals surface area contributed by atoms with E-state index in [2.05, 4.69) is 15.5 Å². The lowest BCUT2D eigenvalue weighted by molar-refractivity contribution is -0.134. The van der Waals surface area contributed by atoms with Crippen LogP contribution in [0.3, 0.4) is 0 Å². The van der Waals surface area contributed by atoms with Crippen LogP contribution < -0.4 is 5.32 Å². The highest BCUT2D eigenvalue weighted by Crippen LogP contribution is 2.25. The Balaban J connectivity index is 1.38. The predicted octanol–water partition coefficient (Wildman–Crippen LogP) is 3.08. The number of nitrogens with one attached hydrogen (secondary N) is 1. The summed E-state index contributed by atoms with van der Waals surface area (Å²) < 4.78 is 1.84. The van der Waals surface area contributed by atoms with Crippen molar-refractivity contribution in [1.29, 1.82) is 5.26 Å². The summed E-state index contributed by atoms with van der Waals surface area (Å²) in [5.74, 6) is 0.804. The first-order chi connectivity index (χ1) is 15.5. The number of hydrogen-bond donors (Lipinski definition) is 1. The van der Waals surface area contributed by atoms with Gasteiger partial charge in [-0.25, -0.2) is 0 Å². The minimum atomic E-state index is -0.543. The molecule has 0 spiro atoms. The van der Waals surface area contributed by atoms with Crippen LogP contribution in [-0.4, -0.2) is 54.9 Å². The lowest BCUT2D eigenvalue weighted by Crippen LogP contribution is -2.45. The van der Waals surface area contributed by atoms with Crippen LogP contribution in [0.5, 0.6) is 0 Å². The van der Waals surface area contributed by atoms with Crippen LogP contribution in [0.1, 0.15) is 11.1 Å². The van der Waals surface area contributed by atoms with Crippen molar-refractivity contribution in [3.63, 3.8) is 0 Å². The van der Waals surface area contributed by atoms with E-state index in [4.69, 9.17) is 5.26 Å². The molecule has 1 aliphatic heterocycles. The molecule has 162 valence electrons. The lowest BCUT2D eigenvalue weighted by Gasteiger charge is -2.23. The largest absolute Gasteiger partial charge is 0.324 e. The minimum absolute atomic E-state index is 0.126. The number of aryl methyl sites for hydroxylation is 1. The van der Waals surface area contributed by atoms with E-state index in [1.165, 1.54) is 11.8 Å². The summed E-state index contributed by atoms with van der Waals surface area (Å²) in [6.45, 7) is 2.02. The first kappa shape index (κ1) is 21.9. The van der Waals surface area contributed by atoms with Gasteiger partial charge in [-0.05, 0) is 43.3 Å². The second-order valence-electron chi connectivity index (χ2n) is 7.17. The van der Waals surface area contributed by atoms with Crippen molar-refractivity contribution in [3.8, 4) is 11.8 Å². The zero-order valence-electron chi connectivity index (χ0n) is 17.3. The highest BCUT2D eigenvalue weighted by atomic mass is 32.2. The van der Waals surface area contributed by atoms with Gasteiger partial charge in [0.25, 0.3) is 0 Å². The van der Waals surface area contributed by atoms with Gasteiger partial charge in [0.15, 0.2) is 5.16 Å². The van der Waals surface area contributed by atoms with E-state index < -0.39 is 6.04 Å². The SMILES string of the molecule is Cc1ccc(-n2cnnc2SCC(=O)N2CSCC2C(=O)Nc2ccc(C#N)cc2)cc1. The maximum absolute atomic E-state index is 12.9. The molecule has 8 nitrogen and oxygen atoms in total. The molecule has 2 aromatic carbocycles. The number of thioether (sulfide) groups is 2. The van der Waals surface area contributed by atoms with Gasteiger partial charge < -0.3 is 10.2 Å². The predicted molar refractivity (Wildman–Crippen MR) is 125 cm³/mol. The van der Waals surface area contributed by atoms with Crippen LogP contribution in [0, 0.1) is 18.3 Å². The van der Waals surface area contributed by atoms with E-state index in [0.717, 1.165) is 11.3 Å². The molecule has 4 rings (SSSR count). The first-order valence-electron chi connectivity index (χ1n) is 9.83. The van der Waals surface area contributed by atoms with Crippen molar-refractivity contribution >= 4 is 41.0 Å². The Labute approximate surface area is 194 Å². The van der Waals surface area contributed by atoms with Crippen molar-refractivity contribution < 1.29 is 9.59 Å². The number of carbonyl (C=O) groups is 2. The number of rotatable bonds is 6. The lowest BCUT2D eigenvalue weighted by atomic mass is 10.2. The van der Waals surface area contributed by atoms with Crippen molar-refractivity contribution in [1.82, 2.24) is 19.7 Å². The van der Waals surface area contributed by atoms with Crippen LogP contribution in [0.15, 0.2) is 60.0 Å². The molecular formula is C22H20N6O2S2. The van der Waals surface area contributed by atoms with Crippen molar-refractivity contribution in [2.75, 3.05) is 22.7 Å². The van der Waals surface area contributed by atoms with Gasteiger partial charge in [-0.1, -0.05) is 29.5 Å². The second-order valence-corrected chi connectivity index (χ2v) is 9.11. The highest BCUT2D eigenvalue weighted by molar-refractivity contribution is 8.00. The third-order valence-electron chi connectivity index (χ3n) is 4.94. The van der Waals surface area contributed by atoms with E-state index in [-0.39, 0.29) is 17.6 Å². The van der Waals surface area contributed by atoms with E-state index in [0.29, 0.717) is 28.0 Å². The van der Waals surface area contributed by atoms with Crippen LogP contribution in [0.25, 0.3) is 5.69 Å². The third-order valence-corrected chi connectivity index (χ3v) is 6.88. The third kappa shape index (κ3) is 4.95. The van der Waals surface area contributed by atoms with E-state index in [1.54, 1.807) is 47.3 Å². The van der Waals surface area contributed by atoms with Crippen LogP contribution in [-0.2, 0) is 9.59 Å². The zero-order chi connectivity index (χ0) is 22.5. The Bertz CT molecular complexity index is 1150. The fourth-order valence-electron chi connectivity index (χ4n) is 3.17. The molecule has 1 saturated heterocycles. The Morgan fingerprint density at radius 3 is 2.69 bits per heavy atom. The Morgan fingerprint density at radius 1 is 1.22 bits per heavy atom. The molecule has 0 radical (unpaired) electrons. The maximum Gasteiger partial charge on any atom is 0.248 e. The topological polar surface area (TPSA) is 104 Å². The Hall–Kier alpha value is -3.29. The van der Waals surface area contributed by atoms with E-state index in [9.17, 15) is 9.59 Å². The molecule has 3 aromatic rings. The number of aromatic nitrogens is 3. The molecule has 1 aromatic heterocycles. The monoisotopic (exact) mass is 464 g/mol. The number of carbonyl (C=O) groups excluding carboxylic acids is 2. The molecule has 32 heavy (non-hydrogen) atoms. The fraction of sp³-hybridized carbons (Fsp3) is 0.227. The van der Waals surface area contributed by atoms with Gasteiger partial charge >= 0.3 is 0 Å². The number of nitriles is 1. The smallest absolute Gasteiger partial charge is 0.248 e. The summed E-state index contributed by atoms with van der Waals surface area (Å²) in [5.41, 5.74) is 3.20. The maximum atomic E-state index is 12.9. The van der Waals surface area contributed by atoms with Crippen molar-refractivity contribution in [2.45, 2.75) is 18.1 Å². The second kappa shape index (κ2) is 9.89.